The molecule has 1 aliphatic rings. The molecule has 1 saturated heterocycles. The molecule has 0 aromatic carbocycles. The van der Waals surface area contributed by atoms with Crippen LogP contribution in [0, 0.1) is 0 Å². The number of nitrogens with one attached hydrogen (secondary N) is 1. The number of methoxy groups -OCH3 is 1. The molecule has 0 amide bonds. The van der Waals surface area contributed by atoms with Crippen molar-refractivity contribution in [2.45, 2.75) is 24.8 Å². The number of aromatic nitrogens is 1. The maximum atomic E-state index is 6.36. The first-order chi connectivity index (χ1) is 7.72. The molecule has 4 nitrogen and oxygen atoms in total. The number of pyridine rings is 1. The van der Waals surface area contributed by atoms with Crippen LogP contribution in [-0.4, -0.2) is 30.7 Å². The predicted molar refractivity (Wildman–Crippen MR) is 63.5 cm³/mol. The lowest BCUT2D eigenvalue weighted by Crippen LogP contribution is -2.50. The zero-order chi connectivity index (χ0) is 11.4. The first-order valence-electron chi connectivity index (χ1n) is 5.70. The zero-order valence-electron chi connectivity index (χ0n) is 9.70. The lowest BCUT2D eigenvalue weighted by atomic mass is 9.84. The third-order valence-electron chi connectivity index (χ3n) is 3.16. The van der Waals surface area contributed by atoms with Gasteiger partial charge in [0.15, 0.2) is 0 Å². The van der Waals surface area contributed by atoms with Crippen molar-refractivity contribution in [2.24, 2.45) is 5.73 Å². The van der Waals surface area contributed by atoms with Gasteiger partial charge in [-0.05, 0) is 37.9 Å². The second-order valence-corrected chi connectivity index (χ2v) is 4.50. The lowest BCUT2D eigenvalue weighted by molar-refractivity contribution is 0.308. The Labute approximate surface area is 96.2 Å². The number of rotatable bonds is 3. The van der Waals surface area contributed by atoms with E-state index in [0.717, 1.165) is 32.4 Å². The third kappa shape index (κ3) is 2.71. The Morgan fingerprint density at radius 2 is 2.19 bits per heavy atom. The molecule has 16 heavy (non-hydrogen) atoms. The summed E-state index contributed by atoms with van der Waals surface area (Å²) >= 11 is 0. The number of nitrogens with zero attached hydrogens (tertiary/aromatic N) is 1. The van der Waals surface area contributed by atoms with Gasteiger partial charge in [0.05, 0.1) is 7.11 Å². The molecule has 0 atom stereocenters. The molecule has 1 aromatic rings. The summed E-state index contributed by atoms with van der Waals surface area (Å²) in [6.07, 6.45) is 4.80. The molecule has 1 fully saturated rings. The van der Waals surface area contributed by atoms with Gasteiger partial charge >= 0.3 is 0 Å². The maximum absolute atomic E-state index is 6.36. The third-order valence-corrected chi connectivity index (χ3v) is 3.16. The summed E-state index contributed by atoms with van der Waals surface area (Å²) in [6.45, 7) is 2.03. The van der Waals surface area contributed by atoms with Gasteiger partial charge in [-0.3, -0.25) is 0 Å². The summed E-state index contributed by atoms with van der Waals surface area (Å²) < 4.78 is 5.03. The molecule has 4 heteroatoms. The van der Waals surface area contributed by atoms with Gasteiger partial charge in [-0.1, -0.05) is 6.07 Å². The van der Waals surface area contributed by atoms with E-state index in [-0.39, 0.29) is 5.54 Å². The van der Waals surface area contributed by atoms with E-state index in [1.54, 1.807) is 7.11 Å². The number of piperidine rings is 1. The topological polar surface area (TPSA) is 60.2 Å². The minimum Gasteiger partial charge on any atom is -0.481 e. The molecule has 2 rings (SSSR count). The van der Waals surface area contributed by atoms with E-state index in [4.69, 9.17) is 10.5 Å². The van der Waals surface area contributed by atoms with Crippen LogP contribution < -0.4 is 15.8 Å². The Morgan fingerprint density at radius 3 is 2.75 bits per heavy atom. The molecule has 3 N–H and O–H groups in total. The SMILES string of the molecule is COc1ccc(CC2(N)CCNCC2)cn1. The van der Waals surface area contributed by atoms with Crippen LogP contribution in [0.5, 0.6) is 5.88 Å². The molecule has 0 aliphatic carbocycles. The summed E-state index contributed by atoms with van der Waals surface area (Å²) in [5.74, 6) is 0.653. The van der Waals surface area contributed by atoms with E-state index in [9.17, 15) is 0 Å². The Kier molecular flexibility index (Phi) is 3.41. The lowest BCUT2D eigenvalue weighted by Gasteiger charge is -2.33. The van der Waals surface area contributed by atoms with Gasteiger partial charge in [-0.2, -0.15) is 0 Å². The molecule has 0 unspecified atom stereocenters. The maximum Gasteiger partial charge on any atom is 0.212 e. The molecule has 0 spiro atoms. The van der Waals surface area contributed by atoms with Crippen LogP contribution in [0.2, 0.25) is 0 Å². The molecular formula is C12H19N3O. The summed E-state index contributed by atoms with van der Waals surface area (Å²) in [6, 6.07) is 3.93. The zero-order valence-corrected chi connectivity index (χ0v) is 9.70. The van der Waals surface area contributed by atoms with Gasteiger partial charge in [0.25, 0.3) is 0 Å². The molecule has 0 bridgehead atoms. The van der Waals surface area contributed by atoms with Gasteiger partial charge in [0.1, 0.15) is 0 Å². The van der Waals surface area contributed by atoms with Crippen LogP contribution in [0.25, 0.3) is 0 Å². The normalized spacial score (nSPS) is 19.4. The van der Waals surface area contributed by atoms with Gasteiger partial charge < -0.3 is 15.8 Å². The average molecular weight is 221 g/mol. The Balaban J connectivity index is 2.01. The van der Waals surface area contributed by atoms with Crippen LogP contribution in [0.1, 0.15) is 18.4 Å². The minimum atomic E-state index is -0.0679. The van der Waals surface area contributed by atoms with E-state index >= 15 is 0 Å². The van der Waals surface area contributed by atoms with Crippen molar-refractivity contribution in [3.63, 3.8) is 0 Å². The second-order valence-electron chi connectivity index (χ2n) is 4.50. The van der Waals surface area contributed by atoms with E-state index in [1.807, 2.05) is 18.3 Å². The van der Waals surface area contributed by atoms with Gasteiger partial charge in [-0.15, -0.1) is 0 Å². The van der Waals surface area contributed by atoms with E-state index in [2.05, 4.69) is 10.3 Å². The minimum absolute atomic E-state index is 0.0679. The molecule has 0 radical (unpaired) electrons. The van der Waals surface area contributed by atoms with Gasteiger partial charge in [-0.25, -0.2) is 4.98 Å². The van der Waals surface area contributed by atoms with Crippen molar-refractivity contribution in [3.05, 3.63) is 23.9 Å². The molecule has 1 aromatic heterocycles. The first kappa shape index (κ1) is 11.4. The second kappa shape index (κ2) is 4.80. The van der Waals surface area contributed by atoms with Crippen LogP contribution >= 0.6 is 0 Å². The summed E-state index contributed by atoms with van der Waals surface area (Å²) in [4.78, 5) is 4.20. The first-order valence-corrected chi connectivity index (χ1v) is 5.70. The monoisotopic (exact) mass is 221 g/mol. The molecule has 88 valence electrons. The van der Waals surface area contributed by atoms with Crippen molar-refractivity contribution in [1.29, 1.82) is 0 Å². The quantitative estimate of drug-likeness (QED) is 0.789. The Morgan fingerprint density at radius 1 is 1.44 bits per heavy atom. The van der Waals surface area contributed by atoms with Crippen molar-refractivity contribution in [3.8, 4) is 5.88 Å². The fraction of sp³-hybridized carbons (Fsp3) is 0.583. The summed E-state index contributed by atoms with van der Waals surface area (Å²) in [5.41, 5.74) is 7.48. The van der Waals surface area contributed by atoms with E-state index in [0.29, 0.717) is 5.88 Å². The number of ether oxygens (including phenoxy) is 1. The molecular weight excluding hydrogens is 202 g/mol. The highest BCUT2D eigenvalue weighted by atomic mass is 16.5. The molecule has 0 saturated carbocycles. The van der Waals surface area contributed by atoms with E-state index < -0.39 is 0 Å². The average Bonchev–Trinajstić information content (AvgIpc) is 2.30. The number of hydrogen-bond acceptors (Lipinski definition) is 4. The van der Waals surface area contributed by atoms with Gasteiger partial charge in [0, 0.05) is 17.8 Å². The molecule has 1 aliphatic heterocycles. The standard InChI is InChI=1S/C12H19N3O/c1-16-11-3-2-10(9-15-11)8-12(13)4-6-14-7-5-12/h2-3,9,14H,4-8,13H2,1H3. The van der Waals surface area contributed by atoms with E-state index in [1.165, 1.54) is 5.56 Å². The van der Waals surface area contributed by atoms with Gasteiger partial charge in [0.2, 0.25) is 5.88 Å². The van der Waals surface area contributed by atoms with Crippen molar-refractivity contribution >= 4 is 0 Å². The molecule has 2 heterocycles. The summed E-state index contributed by atoms with van der Waals surface area (Å²) in [7, 11) is 1.62. The number of nitrogens with two attached hydrogens (primary N) is 1. The van der Waals surface area contributed by atoms with Crippen LogP contribution in [0.4, 0.5) is 0 Å². The Bertz CT molecular complexity index is 331. The van der Waals surface area contributed by atoms with Crippen LogP contribution in [0.15, 0.2) is 18.3 Å². The van der Waals surface area contributed by atoms with Crippen molar-refractivity contribution in [1.82, 2.24) is 10.3 Å². The van der Waals surface area contributed by atoms with Crippen molar-refractivity contribution in [2.75, 3.05) is 20.2 Å². The Hall–Kier alpha value is -1.13. The fourth-order valence-electron chi connectivity index (χ4n) is 2.14. The highest BCUT2D eigenvalue weighted by Crippen LogP contribution is 2.21. The highest BCUT2D eigenvalue weighted by Gasteiger charge is 2.27. The predicted octanol–water partition coefficient (Wildman–Crippen LogP) is 0.714. The largest absolute Gasteiger partial charge is 0.481 e. The van der Waals surface area contributed by atoms with Crippen LogP contribution in [-0.2, 0) is 6.42 Å². The van der Waals surface area contributed by atoms with Crippen molar-refractivity contribution < 1.29 is 4.74 Å². The fourth-order valence-corrected chi connectivity index (χ4v) is 2.14. The summed E-state index contributed by atoms with van der Waals surface area (Å²) in [5, 5.41) is 3.33. The smallest absolute Gasteiger partial charge is 0.212 e. The number of hydrogen-bond donors (Lipinski definition) is 2. The van der Waals surface area contributed by atoms with Crippen LogP contribution in [0.3, 0.4) is 0 Å². The highest BCUT2D eigenvalue weighted by molar-refractivity contribution is 5.20.